The van der Waals surface area contributed by atoms with Crippen molar-refractivity contribution in [3.8, 4) is 0 Å². The Morgan fingerprint density at radius 2 is 2.22 bits per heavy atom. The van der Waals surface area contributed by atoms with Gasteiger partial charge in [0.25, 0.3) is 5.91 Å². The summed E-state index contributed by atoms with van der Waals surface area (Å²) in [6.07, 6.45) is 5.95. The summed E-state index contributed by atoms with van der Waals surface area (Å²) in [5, 5.41) is 17.1. The van der Waals surface area contributed by atoms with Gasteiger partial charge < -0.3 is 10.4 Å². The highest BCUT2D eigenvalue weighted by Crippen LogP contribution is 2.39. The second kappa shape index (κ2) is 5.45. The number of aryl methyl sites for hydroxylation is 1. The van der Waals surface area contributed by atoms with E-state index in [0.717, 1.165) is 11.4 Å². The molecule has 2 aromatic rings. The zero-order valence-corrected chi connectivity index (χ0v) is 13.0. The van der Waals surface area contributed by atoms with Crippen LogP contribution in [0.4, 0.5) is 0 Å². The number of hydrogen-bond donors (Lipinski definition) is 2. The molecule has 2 N–H and O–H groups in total. The van der Waals surface area contributed by atoms with Crippen LogP contribution in [-0.2, 0) is 0 Å². The number of amides is 1. The molecule has 0 radical (unpaired) electrons. The number of aromatic nitrogens is 3. The Bertz CT molecular complexity index is 724. The molecule has 3 atom stereocenters. The van der Waals surface area contributed by atoms with Gasteiger partial charge in [0.15, 0.2) is 0 Å². The Morgan fingerprint density at radius 3 is 2.83 bits per heavy atom. The molecule has 23 heavy (non-hydrogen) atoms. The Balaban J connectivity index is 1.47. The third kappa shape index (κ3) is 2.63. The van der Waals surface area contributed by atoms with E-state index in [1.165, 1.54) is 12.8 Å². The summed E-state index contributed by atoms with van der Waals surface area (Å²) in [4.78, 5) is 17.1. The molecule has 1 amide bonds. The van der Waals surface area contributed by atoms with E-state index < -0.39 is 6.10 Å². The maximum absolute atomic E-state index is 12.5. The van der Waals surface area contributed by atoms with Crippen LogP contribution in [0.3, 0.4) is 0 Å². The molecular weight excluding hydrogens is 292 g/mol. The normalized spacial score (nSPS) is 26.6. The zero-order chi connectivity index (χ0) is 16.0. The van der Waals surface area contributed by atoms with Crippen LogP contribution in [0.5, 0.6) is 0 Å². The second-order valence-corrected chi connectivity index (χ2v) is 6.50. The molecule has 6 heteroatoms. The number of nitrogens with zero attached hydrogens (tertiary/aromatic N) is 3. The van der Waals surface area contributed by atoms with Crippen LogP contribution in [-0.4, -0.2) is 37.9 Å². The first-order valence-corrected chi connectivity index (χ1v) is 8.09. The van der Waals surface area contributed by atoms with E-state index in [1.54, 1.807) is 10.9 Å². The molecule has 0 saturated heterocycles. The lowest BCUT2D eigenvalue weighted by Gasteiger charge is -2.41. The standard InChI is InChI=1S/C17H20N4O2/c1-10-12(5-6-13(19-10)11-3-4-11)17(23)20-14-9-15(22)16(14)21-8-2-7-18-21/h2,5-8,11,14-16,22H,3-4,9H2,1H3,(H,20,23)/t14-,15+,16+/m0/s1. The van der Waals surface area contributed by atoms with Crippen LogP contribution < -0.4 is 5.32 Å². The van der Waals surface area contributed by atoms with Crippen molar-refractivity contribution in [2.24, 2.45) is 0 Å². The molecule has 2 aliphatic carbocycles. The molecule has 2 aromatic heterocycles. The topological polar surface area (TPSA) is 80.0 Å². The average Bonchev–Trinajstić information content (AvgIpc) is 3.24. The number of carbonyl (C=O) groups excluding carboxylic acids is 1. The van der Waals surface area contributed by atoms with Gasteiger partial charge in [-0.25, -0.2) is 0 Å². The third-order valence-electron chi connectivity index (χ3n) is 4.80. The molecule has 0 bridgehead atoms. The Kier molecular flexibility index (Phi) is 3.41. The summed E-state index contributed by atoms with van der Waals surface area (Å²) >= 11 is 0. The molecule has 2 heterocycles. The average molecular weight is 312 g/mol. The number of aliphatic hydroxyl groups is 1. The van der Waals surface area contributed by atoms with Gasteiger partial charge in [0.05, 0.1) is 29.4 Å². The number of carbonyl (C=O) groups is 1. The number of pyridine rings is 1. The highest BCUT2D eigenvalue weighted by molar-refractivity contribution is 5.95. The quantitative estimate of drug-likeness (QED) is 0.898. The van der Waals surface area contributed by atoms with E-state index in [2.05, 4.69) is 15.4 Å². The number of nitrogens with one attached hydrogen (secondary N) is 1. The summed E-state index contributed by atoms with van der Waals surface area (Å²) < 4.78 is 1.71. The second-order valence-electron chi connectivity index (χ2n) is 6.50. The predicted molar refractivity (Wildman–Crippen MR) is 84.1 cm³/mol. The van der Waals surface area contributed by atoms with Gasteiger partial charge in [0.2, 0.25) is 0 Å². The van der Waals surface area contributed by atoms with Crippen LogP contribution in [0, 0.1) is 6.92 Å². The van der Waals surface area contributed by atoms with E-state index in [-0.39, 0.29) is 18.0 Å². The van der Waals surface area contributed by atoms with E-state index in [0.29, 0.717) is 17.9 Å². The smallest absolute Gasteiger partial charge is 0.253 e. The summed E-state index contributed by atoms with van der Waals surface area (Å²) in [5.41, 5.74) is 2.46. The number of aliphatic hydroxyl groups excluding tert-OH is 1. The lowest BCUT2D eigenvalue weighted by atomic mass is 9.83. The summed E-state index contributed by atoms with van der Waals surface area (Å²) in [5.74, 6) is 0.447. The molecule has 0 unspecified atom stereocenters. The summed E-state index contributed by atoms with van der Waals surface area (Å²) in [6, 6.07) is 5.32. The first-order chi connectivity index (χ1) is 11.1. The monoisotopic (exact) mass is 312 g/mol. The molecule has 2 aliphatic rings. The molecule has 0 aliphatic heterocycles. The predicted octanol–water partition coefficient (Wildman–Crippen LogP) is 1.57. The van der Waals surface area contributed by atoms with E-state index in [1.807, 2.05) is 31.3 Å². The molecule has 2 saturated carbocycles. The Labute approximate surface area is 134 Å². The van der Waals surface area contributed by atoms with Crippen molar-refractivity contribution in [1.29, 1.82) is 0 Å². The van der Waals surface area contributed by atoms with Crippen LogP contribution in [0.25, 0.3) is 0 Å². The van der Waals surface area contributed by atoms with Crippen molar-refractivity contribution in [3.05, 3.63) is 47.5 Å². The van der Waals surface area contributed by atoms with E-state index in [9.17, 15) is 9.90 Å². The Hall–Kier alpha value is -2.21. The van der Waals surface area contributed by atoms with Gasteiger partial charge in [-0.05, 0) is 44.4 Å². The largest absolute Gasteiger partial charge is 0.391 e. The van der Waals surface area contributed by atoms with Crippen LogP contribution in [0.1, 0.15) is 53.0 Å². The first kappa shape index (κ1) is 14.4. The molecular formula is C17H20N4O2. The summed E-state index contributed by atoms with van der Waals surface area (Å²) in [7, 11) is 0. The van der Waals surface area contributed by atoms with Gasteiger partial charge in [-0.2, -0.15) is 5.10 Å². The Morgan fingerprint density at radius 1 is 1.39 bits per heavy atom. The first-order valence-electron chi connectivity index (χ1n) is 8.09. The van der Waals surface area contributed by atoms with Crippen molar-refractivity contribution < 1.29 is 9.90 Å². The van der Waals surface area contributed by atoms with Gasteiger partial charge in [-0.15, -0.1) is 0 Å². The zero-order valence-electron chi connectivity index (χ0n) is 13.0. The number of rotatable bonds is 4. The third-order valence-corrected chi connectivity index (χ3v) is 4.80. The van der Waals surface area contributed by atoms with Gasteiger partial charge in [-0.3, -0.25) is 14.5 Å². The van der Waals surface area contributed by atoms with E-state index >= 15 is 0 Å². The van der Waals surface area contributed by atoms with Crippen LogP contribution in [0.2, 0.25) is 0 Å². The molecule has 6 nitrogen and oxygen atoms in total. The van der Waals surface area contributed by atoms with Crippen molar-refractivity contribution in [2.45, 2.75) is 50.3 Å². The minimum atomic E-state index is -0.475. The fourth-order valence-corrected chi connectivity index (χ4v) is 3.25. The van der Waals surface area contributed by atoms with Crippen molar-refractivity contribution in [1.82, 2.24) is 20.1 Å². The maximum Gasteiger partial charge on any atom is 0.253 e. The van der Waals surface area contributed by atoms with Crippen molar-refractivity contribution in [2.75, 3.05) is 0 Å². The lowest BCUT2D eigenvalue weighted by Crippen LogP contribution is -2.56. The fourth-order valence-electron chi connectivity index (χ4n) is 3.25. The molecule has 4 rings (SSSR count). The van der Waals surface area contributed by atoms with Crippen LogP contribution in [0.15, 0.2) is 30.6 Å². The van der Waals surface area contributed by atoms with Gasteiger partial charge in [-0.1, -0.05) is 0 Å². The SMILES string of the molecule is Cc1nc(C2CC2)ccc1C(=O)N[C@H]1C[C@@H](O)[C@@H]1n1cccn1. The molecule has 0 spiro atoms. The highest BCUT2D eigenvalue weighted by atomic mass is 16.3. The number of hydrogen-bond acceptors (Lipinski definition) is 4. The fraction of sp³-hybridized carbons (Fsp3) is 0.471. The van der Waals surface area contributed by atoms with Crippen molar-refractivity contribution in [3.63, 3.8) is 0 Å². The minimum absolute atomic E-state index is 0.111. The van der Waals surface area contributed by atoms with Crippen LogP contribution >= 0.6 is 0 Å². The molecule has 120 valence electrons. The summed E-state index contributed by atoms with van der Waals surface area (Å²) in [6.45, 7) is 1.88. The lowest BCUT2D eigenvalue weighted by molar-refractivity contribution is -0.00589. The molecule has 2 fully saturated rings. The highest BCUT2D eigenvalue weighted by Gasteiger charge is 2.42. The van der Waals surface area contributed by atoms with Gasteiger partial charge in [0.1, 0.15) is 0 Å². The van der Waals surface area contributed by atoms with E-state index in [4.69, 9.17) is 0 Å². The maximum atomic E-state index is 12.5. The van der Waals surface area contributed by atoms with Crippen molar-refractivity contribution >= 4 is 5.91 Å². The van der Waals surface area contributed by atoms with Gasteiger partial charge >= 0.3 is 0 Å². The van der Waals surface area contributed by atoms with Gasteiger partial charge in [0, 0.05) is 24.0 Å². The minimum Gasteiger partial charge on any atom is -0.391 e. The molecule has 0 aromatic carbocycles.